The first-order valence-corrected chi connectivity index (χ1v) is 8.61. The van der Waals surface area contributed by atoms with Crippen molar-refractivity contribution in [1.82, 2.24) is 9.21 Å². The Morgan fingerprint density at radius 2 is 2.00 bits per heavy atom. The summed E-state index contributed by atoms with van der Waals surface area (Å²) in [7, 11) is -0.549. The predicted octanol–water partition coefficient (Wildman–Crippen LogP) is 1.95. The highest BCUT2D eigenvalue weighted by Crippen LogP contribution is 2.21. The van der Waals surface area contributed by atoms with Crippen molar-refractivity contribution < 1.29 is 13.2 Å². The number of carbonyl (C=O) groups is 1. The molecule has 0 bridgehead atoms. The van der Waals surface area contributed by atoms with Gasteiger partial charge in [0.15, 0.2) is 0 Å². The molecule has 1 aromatic rings. The number of hydrogen-bond acceptors (Lipinski definition) is 3. The molecule has 0 N–H and O–H groups in total. The van der Waals surface area contributed by atoms with Crippen LogP contribution in [0.3, 0.4) is 0 Å². The van der Waals surface area contributed by atoms with Gasteiger partial charge in [-0.2, -0.15) is 0 Å². The fourth-order valence-corrected chi connectivity index (χ4v) is 3.51. The van der Waals surface area contributed by atoms with Crippen LogP contribution in [0.15, 0.2) is 29.2 Å². The Hall–Kier alpha value is -1.40. The van der Waals surface area contributed by atoms with Crippen LogP contribution in [0.1, 0.15) is 36.5 Å². The van der Waals surface area contributed by atoms with Crippen molar-refractivity contribution >= 4 is 15.9 Å². The van der Waals surface area contributed by atoms with Gasteiger partial charge < -0.3 is 4.90 Å². The van der Waals surface area contributed by atoms with E-state index in [2.05, 4.69) is 0 Å². The van der Waals surface area contributed by atoms with Gasteiger partial charge in [0.05, 0.1) is 4.90 Å². The molecule has 0 radical (unpaired) electrons. The minimum Gasteiger partial charge on any atom is -0.336 e. The van der Waals surface area contributed by atoms with Crippen molar-refractivity contribution in [3.8, 4) is 0 Å². The SMILES string of the molecule is CC1CCCCN1C(=O)c1cccc(S(=O)(=O)N(C)C)c1. The monoisotopic (exact) mass is 310 g/mol. The Bertz CT molecular complexity index is 626. The van der Waals surface area contributed by atoms with E-state index >= 15 is 0 Å². The van der Waals surface area contributed by atoms with Gasteiger partial charge >= 0.3 is 0 Å². The van der Waals surface area contributed by atoms with Crippen molar-refractivity contribution in [3.63, 3.8) is 0 Å². The summed E-state index contributed by atoms with van der Waals surface area (Å²) in [5.74, 6) is -0.0852. The minimum absolute atomic E-state index is 0.0852. The van der Waals surface area contributed by atoms with Crippen LogP contribution in [0.2, 0.25) is 0 Å². The summed E-state index contributed by atoms with van der Waals surface area (Å²) >= 11 is 0. The molecule has 1 saturated heterocycles. The number of likely N-dealkylation sites (tertiary alicyclic amines) is 1. The molecule has 1 aliphatic heterocycles. The van der Waals surface area contributed by atoms with Crippen LogP contribution in [0.25, 0.3) is 0 Å². The van der Waals surface area contributed by atoms with Gasteiger partial charge in [-0.15, -0.1) is 0 Å². The highest BCUT2D eigenvalue weighted by molar-refractivity contribution is 7.89. The maximum absolute atomic E-state index is 12.6. The zero-order valence-corrected chi connectivity index (χ0v) is 13.6. The van der Waals surface area contributed by atoms with Gasteiger partial charge in [-0.1, -0.05) is 6.07 Å². The third-order valence-corrected chi connectivity index (χ3v) is 5.73. The number of carbonyl (C=O) groups excluding carboxylic acids is 1. The molecule has 1 fully saturated rings. The molecule has 1 aromatic carbocycles. The third kappa shape index (κ3) is 3.27. The lowest BCUT2D eigenvalue weighted by atomic mass is 10.0. The van der Waals surface area contributed by atoms with Gasteiger partial charge in [-0.25, -0.2) is 12.7 Å². The van der Waals surface area contributed by atoms with E-state index in [9.17, 15) is 13.2 Å². The molecule has 1 heterocycles. The van der Waals surface area contributed by atoms with Gasteiger partial charge in [0.25, 0.3) is 5.91 Å². The molecule has 116 valence electrons. The molecule has 0 aromatic heterocycles. The van der Waals surface area contributed by atoms with Gasteiger partial charge in [0.2, 0.25) is 10.0 Å². The molecule has 1 aliphatic rings. The highest BCUT2D eigenvalue weighted by atomic mass is 32.2. The van der Waals surface area contributed by atoms with Crippen LogP contribution in [0.5, 0.6) is 0 Å². The van der Waals surface area contributed by atoms with Crippen LogP contribution in [0, 0.1) is 0 Å². The second kappa shape index (κ2) is 6.15. The standard InChI is InChI=1S/C15H22N2O3S/c1-12-7-4-5-10-17(12)15(18)13-8-6-9-14(11-13)21(19,20)16(2)3/h6,8-9,11-12H,4-5,7,10H2,1-3H3. The van der Waals surface area contributed by atoms with Crippen LogP contribution >= 0.6 is 0 Å². The third-order valence-electron chi connectivity index (χ3n) is 3.92. The van der Waals surface area contributed by atoms with Gasteiger partial charge in [-0.3, -0.25) is 4.79 Å². The average molecular weight is 310 g/mol. The second-order valence-corrected chi connectivity index (χ2v) is 7.81. The summed E-state index contributed by atoms with van der Waals surface area (Å²) in [6.07, 6.45) is 3.15. The predicted molar refractivity (Wildman–Crippen MR) is 81.7 cm³/mol. The van der Waals surface area contributed by atoms with Crippen molar-refractivity contribution in [2.75, 3.05) is 20.6 Å². The normalized spacial score (nSPS) is 19.8. The molecular formula is C15H22N2O3S. The lowest BCUT2D eigenvalue weighted by molar-refractivity contribution is 0.0635. The fourth-order valence-electron chi connectivity index (χ4n) is 2.57. The Balaban J connectivity index is 2.31. The molecule has 0 spiro atoms. The maximum atomic E-state index is 12.6. The van der Waals surface area contributed by atoms with E-state index in [1.807, 2.05) is 11.8 Å². The van der Waals surface area contributed by atoms with Crippen LogP contribution in [0.4, 0.5) is 0 Å². The van der Waals surface area contributed by atoms with Crippen LogP contribution < -0.4 is 0 Å². The molecule has 5 nitrogen and oxygen atoms in total. The van der Waals surface area contributed by atoms with E-state index in [-0.39, 0.29) is 16.8 Å². The lowest BCUT2D eigenvalue weighted by Crippen LogP contribution is -2.42. The number of nitrogens with zero attached hydrogens (tertiary/aromatic N) is 2. The molecule has 0 aliphatic carbocycles. The number of sulfonamides is 1. The van der Waals surface area contributed by atoms with E-state index in [0.29, 0.717) is 5.56 Å². The molecular weight excluding hydrogens is 288 g/mol. The van der Waals surface area contributed by atoms with Crippen LogP contribution in [-0.2, 0) is 10.0 Å². The summed E-state index contributed by atoms with van der Waals surface area (Å²) in [6, 6.07) is 6.50. The van der Waals surface area contributed by atoms with Crippen molar-refractivity contribution in [2.45, 2.75) is 37.1 Å². The first-order chi connectivity index (χ1) is 9.84. The Morgan fingerprint density at radius 3 is 2.62 bits per heavy atom. The zero-order valence-electron chi connectivity index (χ0n) is 12.7. The molecule has 1 amide bonds. The first-order valence-electron chi connectivity index (χ1n) is 7.17. The van der Waals surface area contributed by atoms with Gasteiger partial charge in [0, 0.05) is 32.2 Å². The molecule has 0 saturated carbocycles. The maximum Gasteiger partial charge on any atom is 0.254 e. The fraction of sp³-hybridized carbons (Fsp3) is 0.533. The summed E-state index contributed by atoms with van der Waals surface area (Å²) in [5, 5.41) is 0. The second-order valence-electron chi connectivity index (χ2n) is 5.66. The van der Waals surface area contributed by atoms with E-state index in [1.165, 1.54) is 26.2 Å². The number of piperidine rings is 1. The molecule has 6 heteroatoms. The molecule has 21 heavy (non-hydrogen) atoms. The smallest absolute Gasteiger partial charge is 0.254 e. The minimum atomic E-state index is -3.51. The van der Waals surface area contributed by atoms with Crippen molar-refractivity contribution in [1.29, 1.82) is 0 Å². The van der Waals surface area contributed by atoms with E-state index in [1.54, 1.807) is 12.1 Å². The van der Waals surface area contributed by atoms with Crippen LogP contribution in [-0.4, -0.2) is 50.2 Å². The summed E-state index contributed by atoms with van der Waals surface area (Å²) < 4.78 is 25.4. The number of amides is 1. The van der Waals surface area contributed by atoms with Gasteiger partial charge in [-0.05, 0) is 44.4 Å². The Labute approximate surface area is 126 Å². The summed E-state index contributed by atoms with van der Waals surface area (Å²) in [6.45, 7) is 2.78. The van der Waals surface area contributed by atoms with E-state index in [4.69, 9.17) is 0 Å². The Morgan fingerprint density at radius 1 is 1.29 bits per heavy atom. The largest absolute Gasteiger partial charge is 0.336 e. The zero-order chi connectivity index (χ0) is 15.6. The quantitative estimate of drug-likeness (QED) is 0.857. The Kier molecular flexibility index (Phi) is 4.68. The summed E-state index contributed by atoms with van der Waals surface area (Å²) in [5.41, 5.74) is 0.437. The highest BCUT2D eigenvalue weighted by Gasteiger charge is 2.25. The van der Waals surface area contributed by atoms with Crippen molar-refractivity contribution in [3.05, 3.63) is 29.8 Å². The van der Waals surface area contributed by atoms with Gasteiger partial charge in [0.1, 0.15) is 0 Å². The number of hydrogen-bond donors (Lipinski definition) is 0. The van der Waals surface area contributed by atoms with E-state index < -0.39 is 10.0 Å². The lowest BCUT2D eigenvalue weighted by Gasteiger charge is -2.33. The van der Waals surface area contributed by atoms with E-state index in [0.717, 1.165) is 30.1 Å². The molecule has 2 rings (SSSR count). The number of benzene rings is 1. The summed E-state index contributed by atoms with van der Waals surface area (Å²) in [4.78, 5) is 14.6. The van der Waals surface area contributed by atoms with Crippen molar-refractivity contribution in [2.24, 2.45) is 0 Å². The molecule has 1 unspecified atom stereocenters. The first kappa shape index (κ1) is 16.0. The average Bonchev–Trinajstić information content (AvgIpc) is 2.47. The molecule has 1 atom stereocenters. The topological polar surface area (TPSA) is 57.7 Å². The number of rotatable bonds is 3.